The predicted octanol–water partition coefficient (Wildman–Crippen LogP) is 3.02. The number of halogens is 1. The molecule has 1 aromatic carbocycles. The molecular formula is C16H15FN6OS2. The van der Waals surface area contributed by atoms with Crippen LogP contribution < -0.4 is 16.8 Å². The number of benzene rings is 1. The maximum absolute atomic E-state index is 13.0. The number of hydrogen-bond acceptors (Lipinski definition) is 8. The van der Waals surface area contributed by atoms with E-state index in [2.05, 4.69) is 20.3 Å². The van der Waals surface area contributed by atoms with Crippen LogP contribution in [0, 0.1) is 5.82 Å². The highest BCUT2D eigenvalue weighted by Gasteiger charge is 2.18. The van der Waals surface area contributed by atoms with E-state index in [1.807, 2.05) is 0 Å². The van der Waals surface area contributed by atoms with Crippen LogP contribution in [-0.2, 0) is 4.79 Å². The van der Waals surface area contributed by atoms with Gasteiger partial charge in [-0.1, -0.05) is 11.8 Å². The summed E-state index contributed by atoms with van der Waals surface area (Å²) in [4.78, 5) is 24.8. The Balaban J connectivity index is 1.65. The van der Waals surface area contributed by atoms with Gasteiger partial charge in [0.1, 0.15) is 17.5 Å². The van der Waals surface area contributed by atoms with E-state index < -0.39 is 5.25 Å². The highest BCUT2D eigenvalue weighted by Crippen LogP contribution is 2.27. The zero-order chi connectivity index (χ0) is 18.7. The third kappa shape index (κ3) is 4.46. The molecule has 1 amide bonds. The largest absolute Gasteiger partial charge is 0.383 e. The lowest BCUT2D eigenvalue weighted by atomic mass is 10.2. The van der Waals surface area contributed by atoms with Crippen LogP contribution in [0.4, 0.5) is 21.2 Å². The monoisotopic (exact) mass is 390 g/mol. The van der Waals surface area contributed by atoms with Crippen LogP contribution in [0.1, 0.15) is 6.92 Å². The Kier molecular flexibility index (Phi) is 5.33. The van der Waals surface area contributed by atoms with Gasteiger partial charge >= 0.3 is 0 Å². The minimum absolute atomic E-state index is 0.247. The third-order valence-electron chi connectivity index (χ3n) is 3.27. The molecule has 0 aliphatic rings. The van der Waals surface area contributed by atoms with Gasteiger partial charge in [-0.05, 0) is 31.2 Å². The van der Waals surface area contributed by atoms with Gasteiger partial charge in [-0.3, -0.25) is 4.79 Å². The Morgan fingerprint density at radius 2 is 1.85 bits per heavy atom. The quantitative estimate of drug-likeness (QED) is 0.452. The van der Waals surface area contributed by atoms with Crippen molar-refractivity contribution < 1.29 is 9.18 Å². The van der Waals surface area contributed by atoms with E-state index in [1.54, 1.807) is 24.4 Å². The van der Waals surface area contributed by atoms with Crippen LogP contribution in [0.3, 0.4) is 0 Å². The minimum atomic E-state index is -0.477. The lowest BCUT2D eigenvalue weighted by Crippen LogP contribution is -2.22. The predicted molar refractivity (Wildman–Crippen MR) is 102 cm³/mol. The Hall–Kier alpha value is -2.72. The van der Waals surface area contributed by atoms with Gasteiger partial charge in [0.15, 0.2) is 10.3 Å². The summed E-state index contributed by atoms with van der Waals surface area (Å²) in [7, 11) is 0. The standard InChI is InChI=1S/C16H15FN6OS2/c1-8(26-16-21-12(18)6-13(19)22-16)14(24)23-15-20-11(7-25-15)9-2-4-10(17)5-3-9/h2-8H,1H3,(H,20,23,24)(H4,18,19,21,22). The fourth-order valence-corrected chi connectivity index (χ4v) is 3.54. The molecule has 3 aromatic rings. The third-order valence-corrected chi connectivity index (χ3v) is 4.99. The van der Waals surface area contributed by atoms with Gasteiger partial charge < -0.3 is 16.8 Å². The van der Waals surface area contributed by atoms with Crippen molar-refractivity contribution in [1.29, 1.82) is 0 Å². The summed E-state index contributed by atoms with van der Waals surface area (Å²) in [5, 5.41) is 4.85. The van der Waals surface area contributed by atoms with E-state index in [0.29, 0.717) is 16.0 Å². The molecule has 0 radical (unpaired) electrons. The number of nitrogens with two attached hydrogens (primary N) is 2. The van der Waals surface area contributed by atoms with E-state index in [1.165, 1.54) is 29.5 Å². The number of carbonyl (C=O) groups is 1. The first kappa shape index (κ1) is 18.1. The number of anilines is 3. The number of nitrogen functional groups attached to an aromatic ring is 2. The molecule has 0 saturated heterocycles. The summed E-state index contributed by atoms with van der Waals surface area (Å²) in [5.41, 5.74) is 12.7. The number of thiazole rings is 1. The van der Waals surface area contributed by atoms with Crippen LogP contribution >= 0.6 is 23.1 Å². The van der Waals surface area contributed by atoms with Crippen LogP contribution in [-0.4, -0.2) is 26.1 Å². The number of carbonyl (C=O) groups excluding carboxylic acids is 1. The number of nitrogens with one attached hydrogen (secondary N) is 1. The normalized spacial score (nSPS) is 11.9. The lowest BCUT2D eigenvalue weighted by Gasteiger charge is -2.09. The summed E-state index contributed by atoms with van der Waals surface area (Å²) in [6.45, 7) is 1.72. The van der Waals surface area contributed by atoms with Gasteiger partial charge in [0, 0.05) is 17.0 Å². The van der Waals surface area contributed by atoms with Crippen molar-refractivity contribution in [3.05, 3.63) is 41.5 Å². The molecule has 134 valence electrons. The Morgan fingerprint density at radius 1 is 1.19 bits per heavy atom. The molecule has 1 unspecified atom stereocenters. The molecule has 0 aliphatic carbocycles. The molecule has 0 spiro atoms. The maximum Gasteiger partial charge on any atom is 0.239 e. The minimum Gasteiger partial charge on any atom is -0.383 e. The molecule has 2 aromatic heterocycles. The number of nitrogens with zero attached hydrogens (tertiary/aromatic N) is 3. The maximum atomic E-state index is 13.0. The van der Waals surface area contributed by atoms with Gasteiger partial charge in [-0.15, -0.1) is 11.3 Å². The zero-order valence-corrected chi connectivity index (χ0v) is 15.3. The molecule has 3 rings (SSSR count). The molecule has 1 atom stereocenters. The van der Waals surface area contributed by atoms with Crippen molar-refractivity contribution in [2.24, 2.45) is 0 Å². The molecular weight excluding hydrogens is 375 g/mol. The first-order valence-corrected chi connectivity index (χ1v) is 9.25. The first-order valence-electron chi connectivity index (χ1n) is 7.50. The topological polar surface area (TPSA) is 120 Å². The van der Waals surface area contributed by atoms with Crippen LogP contribution in [0.2, 0.25) is 0 Å². The second-order valence-electron chi connectivity index (χ2n) is 5.29. The average Bonchev–Trinajstić information content (AvgIpc) is 3.03. The van der Waals surface area contributed by atoms with Crippen molar-refractivity contribution in [3.63, 3.8) is 0 Å². The Bertz CT molecular complexity index is 910. The summed E-state index contributed by atoms with van der Waals surface area (Å²) in [6.07, 6.45) is 0. The Morgan fingerprint density at radius 3 is 2.50 bits per heavy atom. The number of rotatable bonds is 5. The fraction of sp³-hybridized carbons (Fsp3) is 0.125. The fourth-order valence-electron chi connectivity index (χ4n) is 2.02. The molecule has 0 bridgehead atoms. The van der Waals surface area contributed by atoms with Gasteiger partial charge in [0.25, 0.3) is 0 Å². The van der Waals surface area contributed by atoms with Crippen LogP contribution in [0.5, 0.6) is 0 Å². The highest BCUT2D eigenvalue weighted by atomic mass is 32.2. The van der Waals surface area contributed by atoms with Crippen LogP contribution in [0.15, 0.2) is 40.9 Å². The van der Waals surface area contributed by atoms with Crippen molar-refractivity contribution in [2.45, 2.75) is 17.3 Å². The zero-order valence-electron chi connectivity index (χ0n) is 13.6. The molecule has 26 heavy (non-hydrogen) atoms. The van der Waals surface area contributed by atoms with Gasteiger partial charge in [0.05, 0.1) is 10.9 Å². The summed E-state index contributed by atoms with van der Waals surface area (Å²) in [6, 6.07) is 7.44. The van der Waals surface area contributed by atoms with E-state index in [9.17, 15) is 9.18 Å². The molecule has 10 heteroatoms. The lowest BCUT2D eigenvalue weighted by molar-refractivity contribution is -0.115. The number of aromatic nitrogens is 3. The van der Waals surface area contributed by atoms with Crippen molar-refractivity contribution in [3.8, 4) is 11.3 Å². The number of hydrogen-bond donors (Lipinski definition) is 3. The molecule has 7 nitrogen and oxygen atoms in total. The van der Waals surface area contributed by atoms with Gasteiger partial charge in [-0.25, -0.2) is 19.3 Å². The molecule has 0 saturated carbocycles. The molecule has 0 aliphatic heterocycles. The van der Waals surface area contributed by atoms with Gasteiger partial charge in [0.2, 0.25) is 5.91 Å². The number of amides is 1. The number of thioether (sulfide) groups is 1. The van der Waals surface area contributed by atoms with E-state index in [0.717, 1.165) is 17.3 Å². The van der Waals surface area contributed by atoms with Crippen LogP contribution in [0.25, 0.3) is 11.3 Å². The average molecular weight is 390 g/mol. The SMILES string of the molecule is CC(Sc1nc(N)cc(N)n1)C(=O)Nc1nc(-c2ccc(F)cc2)cs1. The van der Waals surface area contributed by atoms with E-state index in [4.69, 9.17) is 11.5 Å². The van der Waals surface area contributed by atoms with E-state index >= 15 is 0 Å². The summed E-state index contributed by atoms with van der Waals surface area (Å²) < 4.78 is 13.0. The summed E-state index contributed by atoms with van der Waals surface area (Å²) in [5.74, 6) is -0.0692. The molecule has 5 N–H and O–H groups in total. The molecule has 0 fully saturated rings. The first-order chi connectivity index (χ1) is 12.4. The second kappa shape index (κ2) is 7.67. The highest BCUT2D eigenvalue weighted by molar-refractivity contribution is 8.00. The van der Waals surface area contributed by atoms with Gasteiger partial charge in [-0.2, -0.15) is 0 Å². The summed E-state index contributed by atoms with van der Waals surface area (Å²) >= 11 is 2.43. The van der Waals surface area contributed by atoms with Crippen molar-refractivity contribution in [2.75, 3.05) is 16.8 Å². The Labute approximate surface area is 157 Å². The molecule has 2 heterocycles. The van der Waals surface area contributed by atoms with Crippen molar-refractivity contribution in [1.82, 2.24) is 15.0 Å². The van der Waals surface area contributed by atoms with Crippen molar-refractivity contribution >= 4 is 45.8 Å². The van der Waals surface area contributed by atoms with E-state index in [-0.39, 0.29) is 23.4 Å². The second-order valence-corrected chi connectivity index (χ2v) is 7.46. The smallest absolute Gasteiger partial charge is 0.239 e.